The number of benzene rings is 1. The highest BCUT2D eigenvalue weighted by Crippen LogP contribution is 2.25. The molecule has 6 nitrogen and oxygen atoms in total. The van der Waals surface area contributed by atoms with Gasteiger partial charge in [0.1, 0.15) is 11.6 Å². The fourth-order valence-electron chi connectivity index (χ4n) is 3.08. The highest BCUT2D eigenvalue weighted by Gasteiger charge is 2.23. The zero-order valence-electron chi connectivity index (χ0n) is 14.2. The Morgan fingerprint density at radius 3 is 3.00 bits per heavy atom. The number of aromatic nitrogens is 3. The molecule has 1 aromatic carbocycles. The zero-order valence-corrected chi connectivity index (χ0v) is 15.1. The van der Waals surface area contributed by atoms with Crippen LogP contribution in [0.4, 0.5) is 4.79 Å². The highest BCUT2D eigenvalue weighted by atomic mass is 32.2. The lowest BCUT2D eigenvalue weighted by Gasteiger charge is -2.25. The molecule has 0 aliphatic carbocycles. The predicted molar refractivity (Wildman–Crippen MR) is 95.2 cm³/mol. The van der Waals surface area contributed by atoms with Crippen molar-refractivity contribution in [3.05, 3.63) is 41.5 Å². The Morgan fingerprint density at radius 1 is 1.42 bits per heavy atom. The molecule has 0 spiro atoms. The average Bonchev–Trinajstić information content (AvgIpc) is 2.93. The van der Waals surface area contributed by atoms with Gasteiger partial charge in [0, 0.05) is 11.3 Å². The number of hydrogen-bond donors (Lipinski definition) is 2. The number of nitrogens with one attached hydrogen (secondary N) is 2. The molecule has 0 unspecified atom stereocenters. The van der Waals surface area contributed by atoms with Crippen LogP contribution in [0.15, 0.2) is 29.2 Å². The van der Waals surface area contributed by atoms with Crippen molar-refractivity contribution in [1.82, 2.24) is 25.4 Å². The Kier molecular flexibility index (Phi) is 5.08. The van der Waals surface area contributed by atoms with Crippen molar-refractivity contribution >= 4 is 17.8 Å². The summed E-state index contributed by atoms with van der Waals surface area (Å²) in [7, 11) is 0. The first-order valence-corrected chi connectivity index (χ1v) is 9.39. The number of nitrogens with zero attached hydrogens (tertiary/aromatic N) is 3. The monoisotopic (exact) mass is 345 g/mol. The Labute approximate surface area is 146 Å². The van der Waals surface area contributed by atoms with Crippen molar-refractivity contribution in [2.45, 2.75) is 50.2 Å². The molecular formula is C17H23N5OS. The quantitative estimate of drug-likeness (QED) is 0.836. The van der Waals surface area contributed by atoms with Gasteiger partial charge in [0.05, 0.1) is 18.6 Å². The molecule has 0 saturated carbocycles. The third-order valence-electron chi connectivity index (χ3n) is 4.25. The number of rotatable bonds is 4. The molecule has 24 heavy (non-hydrogen) atoms. The van der Waals surface area contributed by atoms with Crippen LogP contribution in [0.1, 0.15) is 36.6 Å². The first-order chi connectivity index (χ1) is 11.6. The fourth-order valence-corrected chi connectivity index (χ4v) is 3.77. The average molecular weight is 345 g/mol. The molecule has 2 aromatic rings. The van der Waals surface area contributed by atoms with Crippen LogP contribution in [0.25, 0.3) is 0 Å². The van der Waals surface area contributed by atoms with Gasteiger partial charge in [0.2, 0.25) is 0 Å². The SMILES string of the molecule is CSc1ccccc1[C@@H](C)NC(=O)N[C@@H]1CCc2nc(C)nn2C1. The highest BCUT2D eigenvalue weighted by molar-refractivity contribution is 7.98. The third kappa shape index (κ3) is 3.72. The fraction of sp³-hybridized carbons (Fsp3) is 0.471. The molecule has 0 bridgehead atoms. The zero-order chi connectivity index (χ0) is 17.1. The lowest BCUT2D eigenvalue weighted by Crippen LogP contribution is -2.46. The maximum Gasteiger partial charge on any atom is 0.315 e. The van der Waals surface area contributed by atoms with Crippen molar-refractivity contribution in [2.24, 2.45) is 0 Å². The predicted octanol–water partition coefficient (Wildman–Crippen LogP) is 2.68. The van der Waals surface area contributed by atoms with Gasteiger partial charge in [-0.05, 0) is 38.2 Å². The number of carbonyl (C=O) groups is 1. The summed E-state index contributed by atoms with van der Waals surface area (Å²) in [6, 6.07) is 8.06. The minimum absolute atomic E-state index is 0.0404. The van der Waals surface area contributed by atoms with Crippen molar-refractivity contribution in [2.75, 3.05) is 6.26 Å². The van der Waals surface area contributed by atoms with E-state index in [0.717, 1.165) is 30.1 Å². The molecular weight excluding hydrogens is 322 g/mol. The molecule has 0 saturated heterocycles. The van der Waals surface area contributed by atoms with E-state index in [1.54, 1.807) is 11.8 Å². The lowest BCUT2D eigenvalue weighted by atomic mass is 10.1. The first kappa shape index (κ1) is 16.8. The van der Waals surface area contributed by atoms with E-state index in [1.165, 1.54) is 4.90 Å². The normalized spacial score (nSPS) is 17.9. The van der Waals surface area contributed by atoms with Crippen LogP contribution in [0.5, 0.6) is 0 Å². The number of carbonyl (C=O) groups excluding carboxylic acids is 1. The van der Waals surface area contributed by atoms with Gasteiger partial charge in [-0.25, -0.2) is 14.5 Å². The molecule has 2 amide bonds. The van der Waals surface area contributed by atoms with Gasteiger partial charge < -0.3 is 10.6 Å². The van der Waals surface area contributed by atoms with Crippen LogP contribution in [0, 0.1) is 6.92 Å². The van der Waals surface area contributed by atoms with Crippen LogP contribution in [-0.4, -0.2) is 33.1 Å². The molecule has 2 N–H and O–H groups in total. The number of urea groups is 1. The van der Waals surface area contributed by atoms with Gasteiger partial charge in [0.15, 0.2) is 0 Å². The summed E-state index contributed by atoms with van der Waals surface area (Å²) in [5, 5.41) is 10.5. The Hall–Kier alpha value is -2.02. The van der Waals surface area contributed by atoms with Gasteiger partial charge in [-0.15, -0.1) is 11.8 Å². The number of hydrogen-bond acceptors (Lipinski definition) is 4. The topological polar surface area (TPSA) is 71.8 Å². The number of thioether (sulfide) groups is 1. The molecule has 7 heteroatoms. The van der Waals surface area contributed by atoms with Crippen LogP contribution >= 0.6 is 11.8 Å². The second-order valence-electron chi connectivity index (χ2n) is 6.07. The Balaban J connectivity index is 1.58. The molecule has 1 aliphatic rings. The van der Waals surface area contributed by atoms with E-state index in [0.29, 0.717) is 6.54 Å². The smallest absolute Gasteiger partial charge is 0.315 e. The summed E-state index contributed by atoms with van der Waals surface area (Å²) in [5.41, 5.74) is 1.14. The molecule has 0 fully saturated rings. The number of fused-ring (bicyclic) bond motifs is 1. The van der Waals surface area contributed by atoms with Crippen LogP contribution in [-0.2, 0) is 13.0 Å². The van der Waals surface area contributed by atoms with Gasteiger partial charge in [-0.1, -0.05) is 18.2 Å². The third-order valence-corrected chi connectivity index (χ3v) is 5.06. The van der Waals surface area contributed by atoms with Crippen molar-refractivity contribution in [3.8, 4) is 0 Å². The Bertz CT molecular complexity index is 730. The van der Waals surface area contributed by atoms with Crippen LogP contribution in [0.3, 0.4) is 0 Å². The summed E-state index contributed by atoms with van der Waals surface area (Å²) in [5.74, 6) is 1.80. The number of amides is 2. The molecule has 1 aromatic heterocycles. The van der Waals surface area contributed by atoms with E-state index in [-0.39, 0.29) is 18.1 Å². The summed E-state index contributed by atoms with van der Waals surface area (Å²) in [6.45, 7) is 4.58. The van der Waals surface area contributed by atoms with Gasteiger partial charge in [0.25, 0.3) is 0 Å². The van der Waals surface area contributed by atoms with E-state index >= 15 is 0 Å². The van der Waals surface area contributed by atoms with Crippen LogP contribution in [0.2, 0.25) is 0 Å². The molecule has 3 rings (SSSR count). The summed E-state index contributed by atoms with van der Waals surface area (Å²) < 4.78 is 1.90. The van der Waals surface area contributed by atoms with E-state index in [9.17, 15) is 4.79 Å². The summed E-state index contributed by atoms with van der Waals surface area (Å²) >= 11 is 1.69. The van der Waals surface area contributed by atoms with Crippen LogP contribution < -0.4 is 10.6 Å². The first-order valence-electron chi connectivity index (χ1n) is 8.17. The molecule has 0 radical (unpaired) electrons. The van der Waals surface area contributed by atoms with E-state index in [4.69, 9.17) is 0 Å². The maximum absolute atomic E-state index is 12.3. The minimum Gasteiger partial charge on any atom is -0.334 e. The van der Waals surface area contributed by atoms with Gasteiger partial charge in [-0.3, -0.25) is 0 Å². The van der Waals surface area contributed by atoms with Crippen molar-refractivity contribution < 1.29 is 4.79 Å². The summed E-state index contributed by atoms with van der Waals surface area (Å²) in [6.07, 6.45) is 3.78. The van der Waals surface area contributed by atoms with E-state index < -0.39 is 0 Å². The molecule has 1 aliphatic heterocycles. The minimum atomic E-state index is -0.135. The number of aryl methyl sites for hydroxylation is 2. The van der Waals surface area contributed by atoms with E-state index in [2.05, 4.69) is 32.8 Å². The lowest BCUT2D eigenvalue weighted by molar-refractivity contribution is 0.228. The largest absolute Gasteiger partial charge is 0.334 e. The van der Waals surface area contributed by atoms with Gasteiger partial charge in [-0.2, -0.15) is 5.10 Å². The van der Waals surface area contributed by atoms with Crippen molar-refractivity contribution in [3.63, 3.8) is 0 Å². The van der Waals surface area contributed by atoms with Crippen molar-refractivity contribution in [1.29, 1.82) is 0 Å². The summed E-state index contributed by atoms with van der Waals surface area (Å²) in [4.78, 5) is 17.9. The molecule has 2 atom stereocenters. The van der Waals surface area contributed by atoms with Gasteiger partial charge >= 0.3 is 6.03 Å². The molecule has 2 heterocycles. The Morgan fingerprint density at radius 2 is 2.21 bits per heavy atom. The standard InChI is InChI=1S/C17H23N5OS/c1-11(14-6-4-5-7-15(14)24-3)18-17(23)20-13-8-9-16-19-12(2)21-22(16)10-13/h4-7,11,13H,8-10H2,1-3H3,(H2,18,20,23)/t11-,13-/m1/s1. The second-order valence-corrected chi connectivity index (χ2v) is 6.92. The van der Waals surface area contributed by atoms with E-state index in [1.807, 2.05) is 36.9 Å². The molecule has 128 valence electrons. The maximum atomic E-state index is 12.3. The second kappa shape index (κ2) is 7.25.